The Morgan fingerprint density at radius 1 is 1.10 bits per heavy atom. The predicted molar refractivity (Wildman–Crippen MR) is 115 cm³/mol. The summed E-state index contributed by atoms with van der Waals surface area (Å²) in [5.41, 5.74) is 5.19. The number of benzene rings is 2. The molecule has 154 valence electrons. The molecule has 0 radical (unpaired) electrons. The molecule has 0 aliphatic heterocycles. The van der Waals surface area contributed by atoms with Crippen LogP contribution < -0.4 is 10.1 Å². The molecular formula is C20H19N5O4S. The fourth-order valence-electron chi connectivity index (χ4n) is 2.70. The third-order valence-corrected chi connectivity index (χ3v) is 5.58. The molecule has 0 saturated carbocycles. The van der Waals surface area contributed by atoms with Gasteiger partial charge in [0, 0.05) is 30.1 Å². The van der Waals surface area contributed by atoms with Crippen molar-refractivity contribution in [1.29, 1.82) is 0 Å². The zero-order valence-electron chi connectivity index (χ0n) is 16.2. The first kappa shape index (κ1) is 20.9. The molecule has 0 spiro atoms. The second kappa shape index (κ2) is 8.70. The summed E-state index contributed by atoms with van der Waals surface area (Å²) in [5, 5.41) is 15.2. The van der Waals surface area contributed by atoms with Crippen molar-refractivity contribution in [2.75, 3.05) is 10.1 Å². The Labute approximate surface area is 173 Å². The maximum Gasteiger partial charge on any atom is 0.270 e. The lowest BCUT2D eigenvalue weighted by Gasteiger charge is -2.14. The Kier molecular flexibility index (Phi) is 6.07. The Morgan fingerprint density at radius 2 is 1.87 bits per heavy atom. The number of hydrazone groups is 1. The van der Waals surface area contributed by atoms with E-state index in [4.69, 9.17) is 0 Å². The van der Waals surface area contributed by atoms with Gasteiger partial charge in [-0.05, 0) is 37.6 Å². The number of aromatic nitrogens is 1. The fourth-order valence-corrected chi connectivity index (χ4v) is 4.00. The van der Waals surface area contributed by atoms with Gasteiger partial charge in [-0.25, -0.2) is 8.42 Å². The van der Waals surface area contributed by atoms with E-state index in [1.807, 2.05) is 13.0 Å². The van der Waals surface area contributed by atoms with Crippen LogP contribution in [-0.2, 0) is 10.0 Å². The van der Waals surface area contributed by atoms with Crippen molar-refractivity contribution < 1.29 is 13.3 Å². The second-order valence-electron chi connectivity index (χ2n) is 6.52. The van der Waals surface area contributed by atoms with Crippen LogP contribution in [0.5, 0.6) is 0 Å². The molecular weight excluding hydrogens is 406 g/mol. The summed E-state index contributed by atoms with van der Waals surface area (Å²) in [7, 11) is -4.13. The van der Waals surface area contributed by atoms with Crippen molar-refractivity contribution in [1.82, 2.24) is 4.98 Å². The van der Waals surface area contributed by atoms with Crippen molar-refractivity contribution in [2.45, 2.75) is 18.7 Å². The van der Waals surface area contributed by atoms with Gasteiger partial charge in [-0.3, -0.25) is 25.2 Å². The van der Waals surface area contributed by atoms with Crippen LogP contribution in [0.3, 0.4) is 0 Å². The molecule has 3 rings (SSSR count). The average molecular weight is 425 g/mol. The molecule has 0 bridgehead atoms. The smallest absolute Gasteiger partial charge is 0.270 e. The number of aryl methyl sites for hydroxylation is 2. The molecule has 2 N–H and O–H groups in total. The SMILES string of the molecule is Cc1ccc(NS(=O)(=O)c2cc([N+](=O)[O-])ccc2N/N=C/c2cccnc2)c(C)c1. The van der Waals surface area contributed by atoms with Crippen molar-refractivity contribution in [3.63, 3.8) is 0 Å². The molecule has 3 aromatic rings. The largest absolute Gasteiger partial charge is 0.279 e. The number of anilines is 2. The first-order valence-electron chi connectivity index (χ1n) is 8.84. The average Bonchev–Trinajstić information content (AvgIpc) is 2.71. The number of hydrogen-bond acceptors (Lipinski definition) is 7. The maximum absolute atomic E-state index is 13.0. The van der Waals surface area contributed by atoms with Crippen LogP contribution in [0.4, 0.5) is 17.1 Å². The maximum atomic E-state index is 13.0. The second-order valence-corrected chi connectivity index (χ2v) is 8.17. The van der Waals surface area contributed by atoms with E-state index in [-0.39, 0.29) is 16.3 Å². The first-order chi connectivity index (χ1) is 14.3. The normalized spacial score (nSPS) is 11.4. The summed E-state index contributed by atoms with van der Waals surface area (Å²) >= 11 is 0. The number of nitrogens with one attached hydrogen (secondary N) is 2. The topological polar surface area (TPSA) is 127 Å². The zero-order valence-corrected chi connectivity index (χ0v) is 17.1. The minimum Gasteiger partial charge on any atom is -0.279 e. The number of hydrogen-bond donors (Lipinski definition) is 2. The predicted octanol–water partition coefficient (Wildman–Crippen LogP) is 3.85. The third kappa shape index (κ3) is 4.97. The minimum absolute atomic E-state index is 0.0954. The summed E-state index contributed by atoms with van der Waals surface area (Å²) in [6.45, 7) is 3.67. The van der Waals surface area contributed by atoms with Crippen LogP contribution in [0.2, 0.25) is 0 Å². The Balaban J connectivity index is 1.96. The number of nitro groups is 1. The number of rotatable bonds is 7. The van der Waals surface area contributed by atoms with E-state index in [9.17, 15) is 18.5 Å². The molecule has 0 fully saturated rings. The van der Waals surface area contributed by atoms with Gasteiger partial charge in [0.15, 0.2) is 0 Å². The van der Waals surface area contributed by atoms with E-state index in [1.165, 1.54) is 18.3 Å². The van der Waals surface area contributed by atoms with Crippen LogP contribution in [0.1, 0.15) is 16.7 Å². The van der Waals surface area contributed by atoms with E-state index in [0.29, 0.717) is 11.3 Å². The van der Waals surface area contributed by atoms with Crippen LogP contribution >= 0.6 is 0 Å². The molecule has 0 atom stereocenters. The van der Waals surface area contributed by atoms with Gasteiger partial charge in [0.1, 0.15) is 4.90 Å². The van der Waals surface area contributed by atoms with Crippen molar-refractivity contribution in [3.8, 4) is 0 Å². The highest BCUT2D eigenvalue weighted by atomic mass is 32.2. The Morgan fingerprint density at radius 3 is 2.53 bits per heavy atom. The summed E-state index contributed by atoms with van der Waals surface area (Å²) in [4.78, 5) is 14.2. The molecule has 30 heavy (non-hydrogen) atoms. The van der Waals surface area contributed by atoms with Crippen LogP contribution in [0, 0.1) is 24.0 Å². The summed E-state index contributed by atoms with van der Waals surface area (Å²) in [6, 6.07) is 12.3. The van der Waals surface area contributed by atoms with Gasteiger partial charge in [-0.1, -0.05) is 23.8 Å². The van der Waals surface area contributed by atoms with E-state index in [0.717, 1.165) is 17.2 Å². The summed E-state index contributed by atoms with van der Waals surface area (Å²) < 4.78 is 28.6. The molecule has 2 aromatic carbocycles. The van der Waals surface area contributed by atoms with E-state index >= 15 is 0 Å². The highest BCUT2D eigenvalue weighted by Gasteiger charge is 2.23. The molecule has 0 amide bonds. The molecule has 1 heterocycles. The lowest BCUT2D eigenvalue weighted by molar-refractivity contribution is -0.385. The Hall–Kier alpha value is -3.79. The van der Waals surface area contributed by atoms with Gasteiger partial charge in [0.25, 0.3) is 15.7 Å². The van der Waals surface area contributed by atoms with Crippen molar-refractivity contribution in [3.05, 3.63) is 87.7 Å². The lowest BCUT2D eigenvalue weighted by atomic mass is 10.1. The first-order valence-corrected chi connectivity index (χ1v) is 10.3. The van der Waals surface area contributed by atoms with Crippen molar-refractivity contribution in [2.24, 2.45) is 5.10 Å². The van der Waals surface area contributed by atoms with Gasteiger partial charge >= 0.3 is 0 Å². The van der Waals surface area contributed by atoms with Crippen LogP contribution in [0.15, 0.2) is 70.9 Å². The zero-order chi connectivity index (χ0) is 21.7. The van der Waals surface area contributed by atoms with Gasteiger partial charge < -0.3 is 0 Å². The van der Waals surface area contributed by atoms with Gasteiger partial charge in [-0.15, -0.1) is 0 Å². The molecule has 9 nitrogen and oxygen atoms in total. The van der Waals surface area contributed by atoms with E-state index in [1.54, 1.807) is 43.6 Å². The Bertz CT molecular complexity index is 1210. The number of non-ortho nitro benzene ring substituents is 1. The third-order valence-electron chi connectivity index (χ3n) is 4.17. The minimum atomic E-state index is -4.13. The van der Waals surface area contributed by atoms with E-state index in [2.05, 4.69) is 20.2 Å². The molecule has 0 aliphatic rings. The molecule has 1 aromatic heterocycles. The van der Waals surface area contributed by atoms with Gasteiger partial charge in [-0.2, -0.15) is 5.10 Å². The monoisotopic (exact) mass is 425 g/mol. The fraction of sp³-hybridized carbons (Fsp3) is 0.100. The number of pyridine rings is 1. The summed E-state index contributed by atoms with van der Waals surface area (Å²) in [6.07, 6.45) is 4.66. The molecule has 10 heteroatoms. The number of nitrogens with zero attached hydrogens (tertiary/aromatic N) is 3. The van der Waals surface area contributed by atoms with Gasteiger partial charge in [0.05, 0.1) is 22.5 Å². The molecule has 0 aliphatic carbocycles. The van der Waals surface area contributed by atoms with E-state index < -0.39 is 14.9 Å². The highest BCUT2D eigenvalue weighted by Crippen LogP contribution is 2.29. The number of sulfonamides is 1. The standard InChI is InChI=1S/C20H19N5O4S/c1-14-5-7-18(15(2)10-14)24-30(28,29)20-11-17(25(26)27)6-8-19(20)23-22-13-16-4-3-9-21-12-16/h3-13,23-24H,1-2H3/b22-13+. The van der Waals surface area contributed by atoms with Crippen molar-refractivity contribution >= 4 is 33.3 Å². The lowest BCUT2D eigenvalue weighted by Crippen LogP contribution is -2.16. The number of nitro benzene ring substituents is 1. The quantitative estimate of drug-likeness (QED) is 0.336. The highest BCUT2D eigenvalue weighted by molar-refractivity contribution is 7.92. The molecule has 0 unspecified atom stereocenters. The van der Waals surface area contributed by atoms with Gasteiger partial charge in [0.2, 0.25) is 0 Å². The summed E-state index contributed by atoms with van der Waals surface area (Å²) in [5.74, 6) is 0. The van der Waals surface area contributed by atoms with Crippen LogP contribution in [0.25, 0.3) is 0 Å². The van der Waals surface area contributed by atoms with Crippen LogP contribution in [-0.4, -0.2) is 24.5 Å². The molecule has 0 saturated heterocycles.